The van der Waals surface area contributed by atoms with Crippen molar-refractivity contribution >= 4 is 11.9 Å². The Morgan fingerprint density at radius 2 is 2.11 bits per heavy atom. The molecule has 0 aromatic heterocycles. The summed E-state index contributed by atoms with van der Waals surface area (Å²) in [6, 6.07) is -0.289. The number of nitrogens with zero attached hydrogens (tertiary/aromatic N) is 1. The summed E-state index contributed by atoms with van der Waals surface area (Å²) in [4.78, 5) is 25.1. The smallest absolute Gasteiger partial charge is 0.323 e. The summed E-state index contributed by atoms with van der Waals surface area (Å²) in [5.74, 6) is -0.504. The molecule has 0 N–H and O–H groups in total. The first kappa shape index (κ1) is 15.0. The molecule has 0 radical (unpaired) electrons. The van der Waals surface area contributed by atoms with E-state index in [1.807, 2.05) is 11.8 Å². The minimum Gasteiger partial charge on any atom is -0.468 e. The molecular formula is C13H23NO4. The van der Waals surface area contributed by atoms with Crippen molar-refractivity contribution < 1.29 is 19.1 Å². The van der Waals surface area contributed by atoms with Crippen LogP contribution in [-0.4, -0.2) is 49.7 Å². The number of hydrogen-bond donors (Lipinski definition) is 0. The molecule has 1 atom stereocenters. The lowest BCUT2D eigenvalue weighted by molar-refractivity contribution is -0.152. The number of hydrogen-bond acceptors (Lipinski definition) is 5. The Morgan fingerprint density at radius 1 is 1.33 bits per heavy atom. The normalized spacial score (nSPS) is 20.4. The molecule has 5 nitrogen and oxygen atoms in total. The molecule has 0 aliphatic carbocycles. The number of ether oxygens (including phenoxy) is 2. The number of likely N-dealkylation sites (tertiary alicyclic amines) is 1. The quantitative estimate of drug-likeness (QED) is 0.531. The number of rotatable bonds is 6. The maximum absolute atomic E-state index is 11.6. The van der Waals surface area contributed by atoms with Gasteiger partial charge in [-0.3, -0.25) is 14.5 Å². The van der Waals surface area contributed by atoms with Crippen molar-refractivity contribution in [2.75, 3.05) is 26.8 Å². The van der Waals surface area contributed by atoms with Crippen molar-refractivity contribution in [2.24, 2.45) is 0 Å². The molecule has 1 saturated heterocycles. The second kappa shape index (κ2) is 8.08. The van der Waals surface area contributed by atoms with Gasteiger partial charge in [0.2, 0.25) is 0 Å². The van der Waals surface area contributed by atoms with Crippen LogP contribution >= 0.6 is 0 Å². The Hall–Kier alpha value is -1.10. The van der Waals surface area contributed by atoms with Gasteiger partial charge in [-0.15, -0.1) is 0 Å². The first-order chi connectivity index (χ1) is 8.69. The predicted molar refractivity (Wildman–Crippen MR) is 67.1 cm³/mol. The van der Waals surface area contributed by atoms with Crippen molar-refractivity contribution in [3.05, 3.63) is 0 Å². The lowest BCUT2D eigenvalue weighted by Gasteiger charge is -2.32. The minimum absolute atomic E-state index is 0.184. The Morgan fingerprint density at radius 3 is 2.78 bits per heavy atom. The molecule has 0 spiro atoms. The van der Waals surface area contributed by atoms with Crippen molar-refractivity contribution in [2.45, 2.75) is 45.1 Å². The van der Waals surface area contributed by atoms with Crippen molar-refractivity contribution in [3.8, 4) is 0 Å². The highest BCUT2D eigenvalue weighted by atomic mass is 16.5. The Kier molecular flexibility index (Phi) is 6.72. The van der Waals surface area contributed by atoms with Crippen LogP contribution in [0.15, 0.2) is 0 Å². The van der Waals surface area contributed by atoms with E-state index in [9.17, 15) is 9.59 Å². The topological polar surface area (TPSA) is 55.8 Å². The zero-order chi connectivity index (χ0) is 13.4. The molecule has 1 aliphatic heterocycles. The number of carbonyl (C=O) groups is 2. The first-order valence-electron chi connectivity index (χ1n) is 6.66. The van der Waals surface area contributed by atoms with Gasteiger partial charge < -0.3 is 9.47 Å². The second-order valence-electron chi connectivity index (χ2n) is 4.58. The van der Waals surface area contributed by atoms with E-state index in [-0.39, 0.29) is 24.5 Å². The molecule has 1 rings (SSSR count). The van der Waals surface area contributed by atoms with Gasteiger partial charge in [-0.2, -0.15) is 0 Å². The van der Waals surface area contributed by atoms with Crippen LogP contribution in [0, 0.1) is 0 Å². The third-order valence-electron chi connectivity index (χ3n) is 3.18. The third-order valence-corrected chi connectivity index (χ3v) is 3.18. The van der Waals surface area contributed by atoms with Gasteiger partial charge in [0.1, 0.15) is 6.04 Å². The van der Waals surface area contributed by atoms with E-state index in [1.165, 1.54) is 7.11 Å². The van der Waals surface area contributed by atoms with Gasteiger partial charge in [0.15, 0.2) is 0 Å². The molecule has 1 fully saturated rings. The summed E-state index contributed by atoms with van der Waals surface area (Å²) in [5.41, 5.74) is 0. The molecule has 1 heterocycles. The number of unbranched alkanes of at least 4 members (excludes halogenated alkanes) is 1. The SMILES string of the molecule is CCCCOC(=O)CN1CCCC[C@@H]1C(=O)OC. The standard InChI is InChI=1S/C13H23NO4/c1-3-4-9-18-12(15)10-14-8-6-5-7-11(14)13(16)17-2/h11H,3-10H2,1-2H3/t11-/m1/s1. The maximum atomic E-state index is 11.6. The Bertz CT molecular complexity index is 280. The first-order valence-corrected chi connectivity index (χ1v) is 6.66. The Labute approximate surface area is 108 Å². The van der Waals surface area contributed by atoms with Gasteiger partial charge in [-0.1, -0.05) is 19.8 Å². The van der Waals surface area contributed by atoms with Gasteiger partial charge in [-0.05, 0) is 25.8 Å². The van der Waals surface area contributed by atoms with Gasteiger partial charge in [0.25, 0.3) is 0 Å². The van der Waals surface area contributed by atoms with Crippen LogP contribution in [0.4, 0.5) is 0 Å². The van der Waals surface area contributed by atoms with Crippen molar-refractivity contribution in [3.63, 3.8) is 0 Å². The van der Waals surface area contributed by atoms with Gasteiger partial charge in [-0.25, -0.2) is 0 Å². The number of piperidine rings is 1. The fourth-order valence-electron chi connectivity index (χ4n) is 2.13. The minimum atomic E-state index is -0.289. The molecule has 0 bridgehead atoms. The highest BCUT2D eigenvalue weighted by Crippen LogP contribution is 2.17. The molecule has 18 heavy (non-hydrogen) atoms. The molecule has 0 aromatic rings. The van der Waals surface area contributed by atoms with Gasteiger partial charge >= 0.3 is 11.9 Å². The predicted octanol–water partition coefficient (Wildman–Crippen LogP) is 1.36. The lowest BCUT2D eigenvalue weighted by atomic mass is 10.0. The number of esters is 2. The van der Waals surface area contributed by atoms with Crippen LogP contribution in [0.2, 0.25) is 0 Å². The summed E-state index contributed by atoms with van der Waals surface area (Å²) < 4.78 is 9.88. The molecule has 0 aromatic carbocycles. The van der Waals surface area contributed by atoms with Gasteiger partial charge in [0.05, 0.1) is 20.3 Å². The fourth-order valence-corrected chi connectivity index (χ4v) is 2.13. The summed E-state index contributed by atoms with van der Waals surface area (Å²) in [7, 11) is 1.38. The van der Waals surface area contributed by atoms with E-state index in [0.717, 1.165) is 38.6 Å². The molecule has 5 heteroatoms. The highest BCUT2D eigenvalue weighted by Gasteiger charge is 2.30. The second-order valence-corrected chi connectivity index (χ2v) is 4.58. The molecule has 1 aliphatic rings. The monoisotopic (exact) mass is 257 g/mol. The zero-order valence-corrected chi connectivity index (χ0v) is 11.3. The van der Waals surface area contributed by atoms with E-state index < -0.39 is 0 Å². The van der Waals surface area contributed by atoms with E-state index in [4.69, 9.17) is 9.47 Å². The van der Waals surface area contributed by atoms with Crippen molar-refractivity contribution in [1.82, 2.24) is 4.90 Å². The average molecular weight is 257 g/mol. The van der Waals surface area contributed by atoms with E-state index >= 15 is 0 Å². The van der Waals surface area contributed by atoms with Crippen LogP contribution in [-0.2, 0) is 19.1 Å². The molecule has 104 valence electrons. The maximum Gasteiger partial charge on any atom is 0.323 e. The lowest BCUT2D eigenvalue weighted by Crippen LogP contribution is -2.47. The molecule has 0 unspecified atom stereocenters. The zero-order valence-electron chi connectivity index (χ0n) is 11.3. The summed E-state index contributed by atoms with van der Waals surface area (Å²) >= 11 is 0. The van der Waals surface area contributed by atoms with Crippen LogP contribution in [0.5, 0.6) is 0 Å². The van der Waals surface area contributed by atoms with Crippen LogP contribution in [0.25, 0.3) is 0 Å². The van der Waals surface area contributed by atoms with E-state index in [1.54, 1.807) is 0 Å². The summed E-state index contributed by atoms with van der Waals surface area (Å²) in [6.45, 7) is 3.45. The third kappa shape index (κ3) is 4.64. The highest BCUT2D eigenvalue weighted by molar-refractivity contribution is 5.77. The van der Waals surface area contributed by atoms with E-state index in [0.29, 0.717) is 6.61 Å². The van der Waals surface area contributed by atoms with Crippen molar-refractivity contribution in [1.29, 1.82) is 0 Å². The van der Waals surface area contributed by atoms with E-state index in [2.05, 4.69) is 0 Å². The fraction of sp³-hybridized carbons (Fsp3) is 0.846. The van der Waals surface area contributed by atoms with Crippen LogP contribution < -0.4 is 0 Å². The molecule has 0 saturated carbocycles. The largest absolute Gasteiger partial charge is 0.468 e. The average Bonchev–Trinajstić information content (AvgIpc) is 2.39. The van der Waals surface area contributed by atoms with Gasteiger partial charge in [0, 0.05) is 0 Å². The molecule has 0 amide bonds. The Balaban J connectivity index is 2.41. The number of carbonyl (C=O) groups excluding carboxylic acids is 2. The molecular weight excluding hydrogens is 234 g/mol. The number of methoxy groups -OCH3 is 1. The van der Waals surface area contributed by atoms with Crippen LogP contribution in [0.1, 0.15) is 39.0 Å². The van der Waals surface area contributed by atoms with Crippen LogP contribution in [0.3, 0.4) is 0 Å². The summed E-state index contributed by atoms with van der Waals surface area (Å²) in [6.07, 6.45) is 4.65. The summed E-state index contributed by atoms with van der Waals surface area (Å²) in [5, 5.41) is 0.